The Kier molecular flexibility index (Phi) is 4.07. The molecule has 0 aliphatic carbocycles. The summed E-state index contributed by atoms with van der Waals surface area (Å²) in [6.45, 7) is 0.330. The van der Waals surface area contributed by atoms with Crippen molar-refractivity contribution in [1.82, 2.24) is 4.90 Å². The van der Waals surface area contributed by atoms with Crippen molar-refractivity contribution in [1.29, 1.82) is 0 Å². The number of aromatic hydroxyl groups is 1. The van der Waals surface area contributed by atoms with E-state index in [0.29, 0.717) is 35.8 Å². The lowest BCUT2D eigenvalue weighted by molar-refractivity contribution is -0.145. The number of primary amides is 1. The van der Waals surface area contributed by atoms with E-state index >= 15 is 0 Å². The van der Waals surface area contributed by atoms with Gasteiger partial charge in [-0.25, -0.2) is 0 Å². The average Bonchev–Trinajstić information content (AvgIpc) is 3.05. The topological polar surface area (TPSA) is 113 Å². The smallest absolute Gasteiger partial charge is 0.313 e. The van der Waals surface area contributed by atoms with Crippen molar-refractivity contribution in [3.8, 4) is 5.75 Å². The van der Waals surface area contributed by atoms with Crippen LogP contribution in [-0.4, -0.2) is 40.3 Å². The van der Waals surface area contributed by atoms with E-state index in [0.717, 1.165) is 0 Å². The van der Waals surface area contributed by atoms with Crippen LogP contribution in [0.5, 0.6) is 5.75 Å². The van der Waals surface area contributed by atoms with Crippen molar-refractivity contribution in [2.24, 2.45) is 5.73 Å². The molecule has 0 bridgehead atoms. The van der Waals surface area contributed by atoms with Crippen molar-refractivity contribution >= 4 is 34.2 Å². The van der Waals surface area contributed by atoms with E-state index in [-0.39, 0.29) is 5.75 Å². The lowest BCUT2D eigenvalue weighted by Gasteiger charge is -2.21. The molecule has 1 fully saturated rings. The summed E-state index contributed by atoms with van der Waals surface area (Å²) in [7, 11) is 0. The molecule has 7 heteroatoms. The fourth-order valence-electron chi connectivity index (χ4n) is 3.01. The number of fused-ring (bicyclic) bond motifs is 1. The Morgan fingerprint density at radius 2 is 1.83 bits per heavy atom. The van der Waals surface area contributed by atoms with Gasteiger partial charge < -0.3 is 21.1 Å². The predicted octanol–water partition coefficient (Wildman–Crippen LogP) is 0.960. The van der Waals surface area contributed by atoms with Crippen LogP contribution in [0.3, 0.4) is 0 Å². The Labute approximate surface area is 138 Å². The van der Waals surface area contributed by atoms with E-state index in [1.54, 1.807) is 36.4 Å². The third-order valence-electron chi connectivity index (χ3n) is 4.18. The summed E-state index contributed by atoms with van der Waals surface area (Å²) < 4.78 is 0. The summed E-state index contributed by atoms with van der Waals surface area (Å²) in [5.74, 6) is -2.14. The van der Waals surface area contributed by atoms with Gasteiger partial charge in [-0.15, -0.1) is 0 Å². The molecule has 1 heterocycles. The number of carbonyl (C=O) groups excluding carboxylic acids is 3. The second-order valence-corrected chi connectivity index (χ2v) is 5.69. The van der Waals surface area contributed by atoms with Crippen LogP contribution in [0.4, 0.5) is 5.69 Å². The van der Waals surface area contributed by atoms with Crippen LogP contribution in [0.1, 0.15) is 12.8 Å². The van der Waals surface area contributed by atoms with Gasteiger partial charge in [0.05, 0.1) is 0 Å². The van der Waals surface area contributed by atoms with Crippen molar-refractivity contribution in [3.05, 3.63) is 36.4 Å². The predicted molar refractivity (Wildman–Crippen MR) is 88.2 cm³/mol. The van der Waals surface area contributed by atoms with Gasteiger partial charge in [-0.3, -0.25) is 14.4 Å². The van der Waals surface area contributed by atoms with Gasteiger partial charge in [-0.1, -0.05) is 24.3 Å². The number of likely N-dealkylation sites (tertiary alicyclic amines) is 1. The Hall–Kier alpha value is -3.09. The number of hydrogen-bond donors (Lipinski definition) is 3. The second kappa shape index (κ2) is 6.19. The highest BCUT2D eigenvalue weighted by molar-refractivity contribution is 6.40. The maximum Gasteiger partial charge on any atom is 0.313 e. The monoisotopic (exact) mass is 327 g/mol. The maximum atomic E-state index is 12.3. The van der Waals surface area contributed by atoms with Crippen LogP contribution in [0.2, 0.25) is 0 Å². The second-order valence-electron chi connectivity index (χ2n) is 5.69. The lowest BCUT2D eigenvalue weighted by Crippen LogP contribution is -2.47. The minimum atomic E-state index is -0.834. The summed E-state index contributed by atoms with van der Waals surface area (Å²) in [6.07, 6.45) is 1.10. The quantitative estimate of drug-likeness (QED) is 0.713. The van der Waals surface area contributed by atoms with E-state index in [2.05, 4.69) is 5.32 Å². The molecular formula is C17H17N3O4. The van der Waals surface area contributed by atoms with Gasteiger partial charge in [0, 0.05) is 23.0 Å². The number of nitrogens with zero attached hydrogens (tertiary/aromatic N) is 1. The van der Waals surface area contributed by atoms with E-state index in [4.69, 9.17) is 5.73 Å². The summed E-state index contributed by atoms with van der Waals surface area (Å²) in [5.41, 5.74) is 5.69. The van der Waals surface area contributed by atoms with Crippen LogP contribution in [-0.2, 0) is 14.4 Å². The van der Waals surface area contributed by atoms with Crippen molar-refractivity contribution in [2.75, 3.05) is 11.9 Å². The fourth-order valence-corrected chi connectivity index (χ4v) is 3.01. The average molecular weight is 327 g/mol. The highest BCUT2D eigenvalue weighted by Crippen LogP contribution is 2.30. The molecule has 0 aromatic heterocycles. The van der Waals surface area contributed by atoms with Crippen molar-refractivity contribution in [3.63, 3.8) is 0 Å². The van der Waals surface area contributed by atoms with Gasteiger partial charge in [0.15, 0.2) is 0 Å². The molecule has 7 nitrogen and oxygen atoms in total. The first-order chi connectivity index (χ1) is 11.5. The SMILES string of the molecule is NC(=O)[C@@H]1CCCN1C(=O)C(=O)Nc1cccc2c(O)cccc12. The third kappa shape index (κ3) is 2.76. The van der Waals surface area contributed by atoms with Gasteiger partial charge >= 0.3 is 11.8 Å². The summed E-state index contributed by atoms with van der Waals surface area (Å²) in [5, 5.41) is 13.6. The number of nitrogens with two attached hydrogens (primary N) is 1. The molecule has 0 radical (unpaired) electrons. The molecule has 4 N–H and O–H groups in total. The van der Waals surface area contributed by atoms with E-state index in [9.17, 15) is 19.5 Å². The molecule has 1 aliphatic rings. The minimum Gasteiger partial charge on any atom is -0.507 e. The summed E-state index contributed by atoms with van der Waals surface area (Å²) in [6, 6.07) is 9.22. The number of nitrogens with one attached hydrogen (secondary N) is 1. The van der Waals surface area contributed by atoms with Crippen LogP contribution in [0.15, 0.2) is 36.4 Å². The van der Waals surface area contributed by atoms with Crippen LogP contribution in [0.25, 0.3) is 10.8 Å². The molecule has 24 heavy (non-hydrogen) atoms. The molecule has 1 atom stereocenters. The lowest BCUT2D eigenvalue weighted by atomic mass is 10.1. The number of benzene rings is 2. The number of hydrogen-bond acceptors (Lipinski definition) is 4. The van der Waals surface area contributed by atoms with Crippen LogP contribution in [0, 0.1) is 0 Å². The Morgan fingerprint density at radius 3 is 2.58 bits per heavy atom. The summed E-state index contributed by atoms with van der Waals surface area (Å²) >= 11 is 0. The van der Waals surface area contributed by atoms with Gasteiger partial charge in [0.2, 0.25) is 5.91 Å². The van der Waals surface area contributed by atoms with E-state index < -0.39 is 23.8 Å². The molecule has 1 aliphatic heterocycles. The fraction of sp³-hybridized carbons (Fsp3) is 0.235. The third-order valence-corrected chi connectivity index (χ3v) is 4.18. The molecular weight excluding hydrogens is 310 g/mol. The molecule has 124 valence electrons. The van der Waals surface area contributed by atoms with Gasteiger partial charge in [-0.2, -0.15) is 0 Å². The van der Waals surface area contributed by atoms with E-state index in [1.807, 2.05) is 0 Å². The molecule has 0 unspecified atom stereocenters. The Balaban J connectivity index is 1.84. The standard InChI is InChI=1S/C17H17N3O4/c18-15(22)13-7-3-9-20(13)17(24)16(23)19-12-6-1-5-11-10(12)4-2-8-14(11)21/h1-2,4-6,8,13,21H,3,7,9H2,(H2,18,22)(H,19,23)/t13-/m0/s1. The first kappa shape index (κ1) is 15.8. The number of rotatable bonds is 2. The van der Waals surface area contributed by atoms with Crippen molar-refractivity contribution in [2.45, 2.75) is 18.9 Å². The van der Waals surface area contributed by atoms with E-state index in [1.165, 1.54) is 4.90 Å². The summed E-state index contributed by atoms with van der Waals surface area (Å²) in [4.78, 5) is 37.2. The molecule has 3 rings (SSSR count). The molecule has 1 saturated heterocycles. The zero-order chi connectivity index (χ0) is 17.3. The molecule has 0 saturated carbocycles. The van der Waals surface area contributed by atoms with Gasteiger partial charge in [0.25, 0.3) is 0 Å². The largest absolute Gasteiger partial charge is 0.507 e. The number of carbonyl (C=O) groups is 3. The minimum absolute atomic E-state index is 0.0864. The maximum absolute atomic E-state index is 12.3. The van der Waals surface area contributed by atoms with Gasteiger partial charge in [0.1, 0.15) is 11.8 Å². The highest BCUT2D eigenvalue weighted by Gasteiger charge is 2.35. The molecule has 2 aromatic carbocycles. The molecule has 3 amide bonds. The Morgan fingerprint density at radius 1 is 1.12 bits per heavy atom. The number of phenols is 1. The first-order valence-electron chi connectivity index (χ1n) is 7.61. The Bertz CT molecular complexity index is 834. The first-order valence-corrected chi connectivity index (χ1v) is 7.61. The van der Waals surface area contributed by atoms with Crippen LogP contribution >= 0.6 is 0 Å². The normalized spacial score (nSPS) is 17.0. The number of anilines is 1. The number of phenolic OH excluding ortho intramolecular Hbond substituents is 1. The zero-order valence-corrected chi connectivity index (χ0v) is 12.9. The molecule has 0 spiro atoms. The number of amides is 3. The highest BCUT2D eigenvalue weighted by atomic mass is 16.3. The van der Waals surface area contributed by atoms with Gasteiger partial charge in [-0.05, 0) is 25.0 Å². The van der Waals surface area contributed by atoms with Crippen LogP contribution < -0.4 is 11.1 Å². The molecule has 2 aromatic rings. The van der Waals surface area contributed by atoms with Crippen molar-refractivity contribution < 1.29 is 19.5 Å². The zero-order valence-electron chi connectivity index (χ0n) is 12.9.